The van der Waals surface area contributed by atoms with Gasteiger partial charge in [0.1, 0.15) is 0 Å². The number of carboxylic acid groups (broad SMARTS) is 1. The van der Waals surface area contributed by atoms with E-state index in [1.54, 1.807) is 11.8 Å². The summed E-state index contributed by atoms with van der Waals surface area (Å²) in [4.78, 5) is 24.5. The number of carboxylic acids is 1. The second-order valence-corrected chi connectivity index (χ2v) is 6.21. The standard InChI is InChI=1S/C15H19NO3S/c1-2-20-13-9-4-3-8-12(13)16-14(17)10-6-5-7-11(10)15(18)19/h3-4,8-11H,2,5-7H2,1H3,(H,16,17)(H,18,19). The molecular formula is C15H19NO3S. The molecule has 1 fully saturated rings. The van der Waals surface area contributed by atoms with Crippen LogP contribution in [-0.2, 0) is 9.59 Å². The lowest BCUT2D eigenvalue weighted by Gasteiger charge is -2.17. The van der Waals surface area contributed by atoms with Gasteiger partial charge in [0.2, 0.25) is 5.91 Å². The van der Waals surface area contributed by atoms with Crippen molar-refractivity contribution < 1.29 is 14.7 Å². The van der Waals surface area contributed by atoms with Crippen LogP contribution in [0.2, 0.25) is 0 Å². The van der Waals surface area contributed by atoms with Crippen LogP contribution in [0.15, 0.2) is 29.2 Å². The molecule has 2 unspecified atom stereocenters. The number of para-hydroxylation sites is 1. The predicted molar refractivity (Wildman–Crippen MR) is 79.9 cm³/mol. The van der Waals surface area contributed by atoms with E-state index in [-0.39, 0.29) is 5.91 Å². The van der Waals surface area contributed by atoms with Gasteiger partial charge in [-0.05, 0) is 30.7 Å². The first-order valence-corrected chi connectivity index (χ1v) is 7.87. The van der Waals surface area contributed by atoms with Crippen LogP contribution in [0.3, 0.4) is 0 Å². The molecule has 1 saturated carbocycles. The molecule has 0 saturated heterocycles. The SMILES string of the molecule is CCSc1ccccc1NC(=O)C1CCCC1C(=O)O. The number of hydrogen-bond acceptors (Lipinski definition) is 3. The summed E-state index contributed by atoms with van der Waals surface area (Å²) in [5.74, 6) is -1.06. The number of benzene rings is 1. The van der Waals surface area contributed by atoms with E-state index in [1.807, 2.05) is 24.3 Å². The highest BCUT2D eigenvalue weighted by molar-refractivity contribution is 7.99. The van der Waals surface area contributed by atoms with Crippen LogP contribution in [0, 0.1) is 11.8 Å². The molecular weight excluding hydrogens is 274 g/mol. The molecule has 2 atom stereocenters. The lowest BCUT2D eigenvalue weighted by molar-refractivity contribution is -0.145. The summed E-state index contributed by atoms with van der Waals surface area (Å²) in [6, 6.07) is 7.63. The van der Waals surface area contributed by atoms with Gasteiger partial charge >= 0.3 is 5.97 Å². The van der Waals surface area contributed by atoms with Crippen LogP contribution in [0.1, 0.15) is 26.2 Å². The summed E-state index contributed by atoms with van der Waals surface area (Å²) >= 11 is 1.66. The second kappa shape index (κ2) is 6.79. The van der Waals surface area contributed by atoms with E-state index < -0.39 is 17.8 Å². The molecule has 1 aliphatic rings. The van der Waals surface area contributed by atoms with E-state index in [2.05, 4.69) is 12.2 Å². The minimum absolute atomic E-state index is 0.168. The summed E-state index contributed by atoms with van der Waals surface area (Å²) in [6.07, 6.45) is 2.06. The molecule has 20 heavy (non-hydrogen) atoms. The van der Waals surface area contributed by atoms with Crippen LogP contribution in [0.25, 0.3) is 0 Å². The van der Waals surface area contributed by atoms with Gasteiger partial charge in [-0.2, -0.15) is 0 Å². The smallest absolute Gasteiger partial charge is 0.307 e. The van der Waals surface area contributed by atoms with Gasteiger partial charge in [0, 0.05) is 4.90 Å². The third-order valence-corrected chi connectivity index (χ3v) is 4.57. The van der Waals surface area contributed by atoms with Crippen LogP contribution in [-0.4, -0.2) is 22.7 Å². The van der Waals surface area contributed by atoms with Crippen molar-refractivity contribution in [2.45, 2.75) is 31.1 Å². The Labute approximate surface area is 123 Å². The fourth-order valence-corrected chi connectivity index (χ4v) is 3.41. The van der Waals surface area contributed by atoms with Crippen LogP contribution < -0.4 is 5.32 Å². The van der Waals surface area contributed by atoms with E-state index in [4.69, 9.17) is 5.11 Å². The van der Waals surface area contributed by atoms with Gasteiger partial charge in [-0.1, -0.05) is 25.5 Å². The summed E-state index contributed by atoms with van der Waals surface area (Å²) in [7, 11) is 0. The zero-order valence-electron chi connectivity index (χ0n) is 11.5. The predicted octanol–water partition coefficient (Wildman–Crippen LogP) is 3.24. The van der Waals surface area contributed by atoms with Gasteiger partial charge in [0.25, 0.3) is 0 Å². The lowest BCUT2D eigenvalue weighted by Crippen LogP contribution is -2.30. The summed E-state index contributed by atoms with van der Waals surface area (Å²) in [6.45, 7) is 2.06. The number of rotatable bonds is 5. The zero-order valence-corrected chi connectivity index (χ0v) is 12.3. The zero-order chi connectivity index (χ0) is 14.5. The first kappa shape index (κ1) is 14.9. The lowest BCUT2D eigenvalue weighted by atomic mass is 9.95. The fraction of sp³-hybridized carbons (Fsp3) is 0.467. The highest BCUT2D eigenvalue weighted by Gasteiger charge is 2.37. The summed E-state index contributed by atoms with van der Waals surface area (Å²) < 4.78 is 0. The van der Waals surface area contributed by atoms with E-state index in [1.165, 1.54) is 0 Å². The number of aliphatic carboxylic acids is 1. The minimum atomic E-state index is -0.862. The third-order valence-electron chi connectivity index (χ3n) is 3.61. The molecule has 0 radical (unpaired) electrons. The molecule has 4 nitrogen and oxygen atoms in total. The molecule has 0 aliphatic heterocycles. The van der Waals surface area contributed by atoms with Crippen molar-refractivity contribution in [1.82, 2.24) is 0 Å². The Bertz CT molecular complexity index is 504. The van der Waals surface area contributed by atoms with Gasteiger partial charge in [-0.3, -0.25) is 9.59 Å². The molecule has 0 aromatic heterocycles. The fourth-order valence-electron chi connectivity index (χ4n) is 2.65. The number of hydrogen-bond donors (Lipinski definition) is 2. The Morgan fingerprint density at radius 2 is 2.00 bits per heavy atom. The van der Waals surface area contributed by atoms with Crippen molar-refractivity contribution in [2.24, 2.45) is 11.8 Å². The molecule has 1 aromatic rings. The Morgan fingerprint density at radius 1 is 1.30 bits per heavy atom. The molecule has 1 amide bonds. The topological polar surface area (TPSA) is 66.4 Å². The highest BCUT2D eigenvalue weighted by atomic mass is 32.2. The van der Waals surface area contributed by atoms with Crippen molar-refractivity contribution in [3.05, 3.63) is 24.3 Å². The molecule has 1 aliphatic carbocycles. The third kappa shape index (κ3) is 3.33. The number of amides is 1. The molecule has 2 rings (SSSR count). The summed E-state index contributed by atoms with van der Waals surface area (Å²) in [5, 5.41) is 12.1. The molecule has 0 heterocycles. The Balaban J connectivity index is 2.10. The first-order chi connectivity index (χ1) is 9.63. The van der Waals surface area contributed by atoms with Crippen LogP contribution in [0.4, 0.5) is 5.69 Å². The van der Waals surface area contributed by atoms with E-state index in [9.17, 15) is 9.59 Å². The van der Waals surface area contributed by atoms with Crippen LogP contribution in [0.5, 0.6) is 0 Å². The van der Waals surface area contributed by atoms with E-state index >= 15 is 0 Å². The van der Waals surface area contributed by atoms with Crippen molar-refractivity contribution in [3.63, 3.8) is 0 Å². The minimum Gasteiger partial charge on any atom is -0.481 e. The van der Waals surface area contributed by atoms with Gasteiger partial charge in [0.15, 0.2) is 0 Å². The van der Waals surface area contributed by atoms with Gasteiger partial charge in [-0.15, -0.1) is 11.8 Å². The first-order valence-electron chi connectivity index (χ1n) is 6.89. The number of carbonyl (C=O) groups excluding carboxylic acids is 1. The molecule has 2 N–H and O–H groups in total. The average Bonchev–Trinajstić information content (AvgIpc) is 2.91. The maximum Gasteiger partial charge on any atom is 0.307 e. The second-order valence-electron chi connectivity index (χ2n) is 4.90. The Morgan fingerprint density at radius 3 is 2.70 bits per heavy atom. The monoisotopic (exact) mass is 293 g/mol. The highest BCUT2D eigenvalue weighted by Crippen LogP contribution is 2.34. The van der Waals surface area contributed by atoms with E-state index in [0.717, 1.165) is 22.8 Å². The number of carbonyl (C=O) groups is 2. The average molecular weight is 293 g/mol. The number of thioether (sulfide) groups is 1. The molecule has 5 heteroatoms. The Kier molecular flexibility index (Phi) is 5.06. The normalized spacial score (nSPS) is 21.6. The molecule has 108 valence electrons. The van der Waals surface area contributed by atoms with Crippen molar-refractivity contribution in [3.8, 4) is 0 Å². The van der Waals surface area contributed by atoms with E-state index in [0.29, 0.717) is 12.8 Å². The van der Waals surface area contributed by atoms with Gasteiger partial charge < -0.3 is 10.4 Å². The Hall–Kier alpha value is -1.49. The number of anilines is 1. The maximum atomic E-state index is 12.3. The van der Waals surface area contributed by atoms with Crippen molar-refractivity contribution in [2.75, 3.05) is 11.1 Å². The van der Waals surface area contributed by atoms with Crippen LogP contribution >= 0.6 is 11.8 Å². The quantitative estimate of drug-likeness (QED) is 0.818. The van der Waals surface area contributed by atoms with Gasteiger partial charge in [-0.25, -0.2) is 0 Å². The van der Waals surface area contributed by atoms with Crippen molar-refractivity contribution >= 4 is 29.3 Å². The maximum absolute atomic E-state index is 12.3. The van der Waals surface area contributed by atoms with Crippen molar-refractivity contribution in [1.29, 1.82) is 0 Å². The largest absolute Gasteiger partial charge is 0.481 e. The molecule has 1 aromatic carbocycles. The molecule has 0 bridgehead atoms. The van der Waals surface area contributed by atoms with Gasteiger partial charge in [0.05, 0.1) is 17.5 Å². The number of nitrogens with one attached hydrogen (secondary N) is 1. The summed E-state index contributed by atoms with van der Waals surface area (Å²) in [5.41, 5.74) is 0.778. The molecule has 0 spiro atoms.